The summed E-state index contributed by atoms with van der Waals surface area (Å²) in [6.07, 6.45) is 6.28. The Labute approximate surface area is 159 Å². The Kier molecular flexibility index (Phi) is 6.85. The first-order chi connectivity index (χ1) is 13.2. The van der Waals surface area contributed by atoms with Crippen molar-refractivity contribution in [2.75, 3.05) is 13.2 Å². The number of carbonyl (C=O) groups excluding carboxylic acids is 1. The van der Waals surface area contributed by atoms with Crippen LogP contribution in [0.25, 0.3) is 6.08 Å². The van der Waals surface area contributed by atoms with Crippen molar-refractivity contribution in [2.24, 2.45) is 5.92 Å². The molecule has 0 heterocycles. The molecule has 142 valence electrons. The zero-order chi connectivity index (χ0) is 18.9. The Morgan fingerprint density at radius 3 is 2.78 bits per heavy atom. The summed E-state index contributed by atoms with van der Waals surface area (Å²) in [7, 11) is 0. The van der Waals surface area contributed by atoms with Crippen LogP contribution in [0.2, 0.25) is 0 Å². The predicted molar refractivity (Wildman–Crippen MR) is 103 cm³/mol. The molecule has 0 aromatic heterocycles. The molecule has 0 saturated heterocycles. The SMILES string of the molecule is O=C(NCCC=Cc1cc(F)ccc1OCC1CC1)OCc1ccccc1. The molecule has 1 saturated carbocycles. The van der Waals surface area contributed by atoms with E-state index < -0.39 is 6.09 Å². The van der Waals surface area contributed by atoms with Crippen LogP contribution in [0.1, 0.15) is 30.4 Å². The topological polar surface area (TPSA) is 47.6 Å². The van der Waals surface area contributed by atoms with E-state index in [9.17, 15) is 9.18 Å². The fourth-order valence-electron chi connectivity index (χ4n) is 2.52. The summed E-state index contributed by atoms with van der Waals surface area (Å²) in [5.74, 6) is 1.03. The largest absolute Gasteiger partial charge is 0.493 e. The Morgan fingerprint density at radius 1 is 1.19 bits per heavy atom. The number of amides is 1. The van der Waals surface area contributed by atoms with E-state index in [2.05, 4.69) is 5.32 Å². The van der Waals surface area contributed by atoms with Crippen molar-refractivity contribution < 1.29 is 18.7 Å². The fourth-order valence-corrected chi connectivity index (χ4v) is 2.52. The van der Waals surface area contributed by atoms with Crippen LogP contribution in [-0.2, 0) is 11.3 Å². The molecular formula is C22H24FNO3. The van der Waals surface area contributed by atoms with Gasteiger partial charge in [0.25, 0.3) is 0 Å². The van der Waals surface area contributed by atoms with Gasteiger partial charge in [-0.25, -0.2) is 9.18 Å². The molecule has 4 nitrogen and oxygen atoms in total. The molecular weight excluding hydrogens is 345 g/mol. The van der Waals surface area contributed by atoms with Crippen LogP contribution in [0, 0.1) is 11.7 Å². The highest BCUT2D eigenvalue weighted by Gasteiger charge is 2.22. The summed E-state index contributed by atoms with van der Waals surface area (Å²) in [5.41, 5.74) is 1.65. The maximum absolute atomic E-state index is 13.5. The summed E-state index contributed by atoms with van der Waals surface area (Å²) in [6.45, 7) is 1.37. The van der Waals surface area contributed by atoms with Gasteiger partial charge < -0.3 is 14.8 Å². The average molecular weight is 369 g/mol. The standard InChI is InChI=1S/C22H24FNO3/c23-20-11-12-21(26-15-18-9-10-18)19(14-20)8-4-5-13-24-22(25)27-16-17-6-2-1-3-7-17/h1-4,6-8,11-12,14,18H,5,9-10,13,15-16H2,(H,24,25). The molecule has 1 aliphatic carbocycles. The van der Waals surface area contributed by atoms with Gasteiger partial charge in [0.1, 0.15) is 18.2 Å². The molecule has 1 N–H and O–H groups in total. The van der Waals surface area contributed by atoms with E-state index in [1.165, 1.54) is 25.0 Å². The molecule has 0 unspecified atom stereocenters. The minimum atomic E-state index is -0.452. The Morgan fingerprint density at radius 2 is 2.00 bits per heavy atom. The van der Waals surface area contributed by atoms with Crippen molar-refractivity contribution in [3.8, 4) is 5.75 Å². The van der Waals surface area contributed by atoms with Crippen LogP contribution in [0.4, 0.5) is 9.18 Å². The zero-order valence-electron chi connectivity index (χ0n) is 15.2. The molecule has 5 heteroatoms. The highest BCUT2D eigenvalue weighted by molar-refractivity contribution is 5.67. The molecule has 0 atom stereocenters. The number of carbonyl (C=O) groups is 1. The van der Waals surface area contributed by atoms with E-state index in [1.807, 2.05) is 42.5 Å². The van der Waals surface area contributed by atoms with Gasteiger partial charge in [-0.2, -0.15) is 0 Å². The normalized spacial score (nSPS) is 13.5. The van der Waals surface area contributed by atoms with Gasteiger partial charge in [-0.3, -0.25) is 0 Å². The van der Waals surface area contributed by atoms with Crippen molar-refractivity contribution >= 4 is 12.2 Å². The quantitative estimate of drug-likeness (QED) is 0.637. The number of alkyl carbamates (subject to hydrolysis) is 1. The lowest BCUT2D eigenvalue weighted by atomic mass is 10.1. The van der Waals surface area contributed by atoms with Crippen molar-refractivity contribution in [3.05, 3.63) is 71.6 Å². The van der Waals surface area contributed by atoms with E-state index in [0.717, 1.165) is 5.56 Å². The summed E-state index contributed by atoms with van der Waals surface area (Å²) in [6, 6.07) is 14.0. The van der Waals surface area contributed by atoms with Gasteiger partial charge in [-0.15, -0.1) is 0 Å². The first-order valence-electron chi connectivity index (χ1n) is 9.24. The number of halogens is 1. The molecule has 2 aromatic carbocycles. The predicted octanol–water partition coefficient (Wildman–Crippen LogP) is 4.94. The van der Waals surface area contributed by atoms with Crippen LogP contribution in [-0.4, -0.2) is 19.2 Å². The van der Waals surface area contributed by atoms with Gasteiger partial charge in [0, 0.05) is 12.1 Å². The van der Waals surface area contributed by atoms with E-state index in [-0.39, 0.29) is 12.4 Å². The van der Waals surface area contributed by atoms with Crippen LogP contribution < -0.4 is 10.1 Å². The second kappa shape index (κ2) is 9.76. The van der Waals surface area contributed by atoms with E-state index in [1.54, 1.807) is 6.07 Å². The molecule has 0 aliphatic heterocycles. The molecule has 3 rings (SSSR count). The maximum atomic E-state index is 13.5. The third-order valence-corrected chi connectivity index (χ3v) is 4.23. The molecule has 1 aliphatic rings. The summed E-state index contributed by atoms with van der Waals surface area (Å²) in [4.78, 5) is 11.7. The van der Waals surface area contributed by atoms with Gasteiger partial charge in [0.05, 0.1) is 6.61 Å². The molecule has 1 fully saturated rings. The molecule has 1 amide bonds. The Bertz CT molecular complexity index is 772. The van der Waals surface area contributed by atoms with Gasteiger partial charge in [-0.1, -0.05) is 42.5 Å². The minimum Gasteiger partial charge on any atom is -0.493 e. The molecule has 0 spiro atoms. The number of benzene rings is 2. The summed E-state index contributed by atoms with van der Waals surface area (Å²) < 4.78 is 24.4. The van der Waals surface area contributed by atoms with Crippen molar-refractivity contribution in [3.63, 3.8) is 0 Å². The van der Waals surface area contributed by atoms with Crippen molar-refractivity contribution in [1.29, 1.82) is 0 Å². The minimum absolute atomic E-state index is 0.244. The van der Waals surface area contributed by atoms with Gasteiger partial charge in [0.2, 0.25) is 0 Å². The number of rotatable bonds is 9. The van der Waals surface area contributed by atoms with E-state index >= 15 is 0 Å². The van der Waals surface area contributed by atoms with Crippen molar-refractivity contribution in [1.82, 2.24) is 5.32 Å². The second-order valence-electron chi connectivity index (χ2n) is 6.62. The van der Waals surface area contributed by atoms with E-state index in [4.69, 9.17) is 9.47 Å². The number of nitrogens with one attached hydrogen (secondary N) is 1. The second-order valence-corrected chi connectivity index (χ2v) is 6.62. The molecule has 27 heavy (non-hydrogen) atoms. The monoisotopic (exact) mass is 369 g/mol. The maximum Gasteiger partial charge on any atom is 0.407 e. The lowest BCUT2D eigenvalue weighted by molar-refractivity contribution is 0.140. The van der Waals surface area contributed by atoms with Crippen LogP contribution in [0.5, 0.6) is 5.75 Å². The molecule has 2 aromatic rings. The van der Waals surface area contributed by atoms with Crippen LogP contribution >= 0.6 is 0 Å². The lowest BCUT2D eigenvalue weighted by Crippen LogP contribution is -2.24. The van der Waals surface area contributed by atoms with Gasteiger partial charge in [-0.05, 0) is 48.9 Å². The number of hydrogen-bond acceptors (Lipinski definition) is 3. The average Bonchev–Trinajstić information content (AvgIpc) is 3.51. The van der Waals surface area contributed by atoms with Crippen molar-refractivity contribution in [2.45, 2.75) is 25.9 Å². The van der Waals surface area contributed by atoms with Gasteiger partial charge >= 0.3 is 6.09 Å². The fraction of sp³-hybridized carbons (Fsp3) is 0.318. The molecule has 0 bridgehead atoms. The zero-order valence-corrected chi connectivity index (χ0v) is 15.2. The van der Waals surface area contributed by atoms with E-state index in [0.29, 0.717) is 36.8 Å². The first-order valence-corrected chi connectivity index (χ1v) is 9.24. The summed E-state index contributed by atoms with van der Waals surface area (Å²) >= 11 is 0. The smallest absolute Gasteiger partial charge is 0.407 e. The Hall–Kier alpha value is -2.82. The summed E-state index contributed by atoms with van der Waals surface area (Å²) in [5, 5.41) is 2.70. The number of ether oxygens (including phenoxy) is 2. The third-order valence-electron chi connectivity index (χ3n) is 4.23. The van der Waals surface area contributed by atoms with Gasteiger partial charge in [0.15, 0.2) is 0 Å². The Balaban J connectivity index is 1.39. The lowest BCUT2D eigenvalue weighted by Gasteiger charge is -2.09. The highest BCUT2D eigenvalue weighted by atomic mass is 19.1. The molecule has 0 radical (unpaired) electrons. The van der Waals surface area contributed by atoms with Crippen LogP contribution in [0.3, 0.4) is 0 Å². The first kappa shape index (κ1) is 19.0. The van der Waals surface area contributed by atoms with Crippen LogP contribution in [0.15, 0.2) is 54.6 Å². The number of hydrogen-bond donors (Lipinski definition) is 1. The third kappa shape index (κ3) is 6.77. The highest BCUT2D eigenvalue weighted by Crippen LogP contribution is 2.30.